The molecule has 1 aliphatic rings. The second-order valence-electron chi connectivity index (χ2n) is 4.34. The Morgan fingerprint density at radius 2 is 2.33 bits per heavy atom. The van der Waals surface area contributed by atoms with Crippen molar-refractivity contribution in [2.75, 3.05) is 0 Å². The first kappa shape index (κ1) is 8.92. The summed E-state index contributed by atoms with van der Waals surface area (Å²) in [4.78, 5) is 4.38. The third kappa shape index (κ3) is 1.75. The van der Waals surface area contributed by atoms with E-state index in [0.29, 0.717) is 0 Å². The minimum atomic E-state index is 0.750. The van der Waals surface area contributed by atoms with Crippen molar-refractivity contribution >= 4 is 5.65 Å². The van der Waals surface area contributed by atoms with E-state index in [4.69, 9.17) is 0 Å². The first-order valence-electron chi connectivity index (χ1n) is 5.49. The minimum Gasteiger partial charge on any atom is -0.308 e. The summed E-state index contributed by atoms with van der Waals surface area (Å²) in [5.41, 5.74) is 3.56. The Labute approximate surface area is 89.1 Å². The molecule has 0 aliphatic heterocycles. The molecule has 78 valence electrons. The fourth-order valence-corrected chi connectivity index (χ4v) is 1.80. The predicted molar refractivity (Wildman–Crippen MR) is 59.8 cm³/mol. The Balaban J connectivity index is 1.91. The Kier molecular flexibility index (Phi) is 1.99. The molecule has 3 rings (SSSR count). The topological polar surface area (TPSA) is 29.3 Å². The van der Waals surface area contributed by atoms with Gasteiger partial charge < -0.3 is 9.72 Å². The molecule has 3 nitrogen and oxygen atoms in total. The highest BCUT2D eigenvalue weighted by Crippen LogP contribution is 2.19. The van der Waals surface area contributed by atoms with Gasteiger partial charge in [0.15, 0.2) is 0 Å². The van der Waals surface area contributed by atoms with E-state index in [1.54, 1.807) is 0 Å². The molecule has 1 saturated carbocycles. The van der Waals surface area contributed by atoms with E-state index in [1.165, 1.54) is 24.1 Å². The number of aryl methyl sites for hydroxylation is 1. The molecule has 0 aromatic carbocycles. The van der Waals surface area contributed by atoms with E-state index in [0.717, 1.165) is 18.2 Å². The van der Waals surface area contributed by atoms with Gasteiger partial charge in [0, 0.05) is 18.8 Å². The molecule has 0 unspecified atom stereocenters. The van der Waals surface area contributed by atoms with Gasteiger partial charge in [0.25, 0.3) is 0 Å². The number of hydrogen-bond donors (Lipinski definition) is 1. The molecule has 0 saturated heterocycles. The Morgan fingerprint density at radius 1 is 1.47 bits per heavy atom. The summed E-state index contributed by atoms with van der Waals surface area (Å²) in [5, 5.41) is 3.51. The summed E-state index contributed by atoms with van der Waals surface area (Å²) >= 11 is 0. The molecule has 0 amide bonds. The van der Waals surface area contributed by atoms with E-state index in [9.17, 15) is 0 Å². The summed E-state index contributed by atoms with van der Waals surface area (Å²) in [6.45, 7) is 3.03. The fourth-order valence-electron chi connectivity index (χ4n) is 1.80. The first-order chi connectivity index (χ1) is 7.33. The van der Waals surface area contributed by atoms with Crippen LogP contribution >= 0.6 is 0 Å². The van der Waals surface area contributed by atoms with Crippen molar-refractivity contribution in [1.82, 2.24) is 14.7 Å². The van der Waals surface area contributed by atoms with Crippen LogP contribution in [0.2, 0.25) is 0 Å². The van der Waals surface area contributed by atoms with Crippen LogP contribution in [0.15, 0.2) is 24.5 Å². The minimum absolute atomic E-state index is 0.750. The van der Waals surface area contributed by atoms with Crippen LogP contribution < -0.4 is 5.32 Å². The Hall–Kier alpha value is -1.35. The average Bonchev–Trinajstić information content (AvgIpc) is 2.97. The maximum absolute atomic E-state index is 4.38. The molecule has 2 heterocycles. The van der Waals surface area contributed by atoms with E-state index < -0.39 is 0 Å². The maximum atomic E-state index is 4.38. The molecule has 0 atom stereocenters. The smallest absolute Gasteiger partial charge is 0.136 e. The van der Waals surface area contributed by atoms with Crippen molar-refractivity contribution in [1.29, 1.82) is 0 Å². The van der Waals surface area contributed by atoms with Gasteiger partial charge in [-0.2, -0.15) is 0 Å². The molecule has 0 bridgehead atoms. The van der Waals surface area contributed by atoms with E-state index in [1.807, 2.05) is 6.20 Å². The number of aromatic nitrogens is 2. The third-order valence-corrected chi connectivity index (χ3v) is 2.88. The second-order valence-corrected chi connectivity index (χ2v) is 4.34. The molecule has 2 aromatic heterocycles. The zero-order valence-corrected chi connectivity index (χ0v) is 8.90. The van der Waals surface area contributed by atoms with Crippen molar-refractivity contribution in [2.45, 2.75) is 32.4 Å². The number of imidazole rings is 1. The quantitative estimate of drug-likeness (QED) is 0.821. The van der Waals surface area contributed by atoms with Crippen LogP contribution in [0, 0.1) is 6.92 Å². The second kappa shape index (κ2) is 3.35. The summed E-state index contributed by atoms with van der Waals surface area (Å²) in [6.07, 6.45) is 6.77. The zero-order valence-electron chi connectivity index (χ0n) is 8.90. The van der Waals surface area contributed by atoms with Crippen molar-refractivity contribution in [3.8, 4) is 0 Å². The van der Waals surface area contributed by atoms with Crippen LogP contribution in [0.3, 0.4) is 0 Å². The number of nitrogens with zero attached hydrogens (tertiary/aromatic N) is 2. The van der Waals surface area contributed by atoms with Gasteiger partial charge in [-0.1, -0.05) is 6.07 Å². The maximum Gasteiger partial charge on any atom is 0.136 e. The van der Waals surface area contributed by atoms with Crippen LogP contribution in [0.25, 0.3) is 5.65 Å². The van der Waals surface area contributed by atoms with E-state index in [-0.39, 0.29) is 0 Å². The van der Waals surface area contributed by atoms with Gasteiger partial charge in [-0.15, -0.1) is 0 Å². The summed E-state index contributed by atoms with van der Waals surface area (Å²) < 4.78 is 2.17. The van der Waals surface area contributed by atoms with Crippen LogP contribution in [-0.4, -0.2) is 15.4 Å². The van der Waals surface area contributed by atoms with Gasteiger partial charge in [-0.05, 0) is 31.4 Å². The lowest BCUT2D eigenvalue weighted by atomic mass is 10.3. The largest absolute Gasteiger partial charge is 0.308 e. The van der Waals surface area contributed by atoms with Gasteiger partial charge in [-0.3, -0.25) is 0 Å². The predicted octanol–water partition coefficient (Wildman–Crippen LogP) is 1.89. The molecule has 1 aliphatic carbocycles. The van der Waals surface area contributed by atoms with Crippen molar-refractivity contribution in [3.63, 3.8) is 0 Å². The summed E-state index contributed by atoms with van der Waals surface area (Å²) in [6, 6.07) is 4.91. The number of pyridine rings is 1. The lowest BCUT2D eigenvalue weighted by Gasteiger charge is -2.03. The third-order valence-electron chi connectivity index (χ3n) is 2.88. The lowest BCUT2D eigenvalue weighted by Crippen LogP contribution is -2.16. The molecule has 1 fully saturated rings. The molecular formula is C12H15N3. The zero-order chi connectivity index (χ0) is 10.3. The molecule has 3 heteroatoms. The SMILES string of the molecule is Cc1ccc2ncc(CNC3CC3)n2c1. The van der Waals surface area contributed by atoms with Crippen LogP contribution in [0.5, 0.6) is 0 Å². The van der Waals surface area contributed by atoms with Gasteiger partial charge in [-0.25, -0.2) is 4.98 Å². The highest BCUT2D eigenvalue weighted by molar-refractivity contribution is 5.41. The van der Waals surface area contributed by atoms with Crippen molar-refractivity contribution in [3.05, 3.63) is 35.8 Å². The molecule has 15 heavy (non-hydrogen) atoms. The van der Waals surface area contributed by atoms with Crippen LogP contribution in [-0.2, 0) is 6.54 Å². The van der Waals surface area contributed by atoms with E-state index in [2.05, 4.69) is 40.0 Å². The normalized spacial score (nSPS) is 16.1. The molecule has 2 aromatic rings. The summed E-state index contributed by atoms with van der Waals surface area (Å²) in [5.74, 6) is 0. The summed E-state index contributed by atoms with van der Waals surface area (Å²) in [7, 11) is 0. The van der Waals surface area contributed by atoms with Crippen LogP contribution in [0.1, 0.15) is 24.1 Å². The van der Waals surface area contributed by atoms with Crippen molar-refractivity contribution in [2.24, 2.45) is 0 Å². The van der Waals surface area contributed by atoms with E-state index >= 15 is 0 Å². The average molecular weight is 201 g/mol. The molecule has 1 N–H and O–H groups in total. The number of fused-ring (bicyclic) bond motifs is 1. The highest BCUT2D eigenvalue weighted by Gasteiger charge is 2.20. The molecule has 0 radical (unpaired) electrons. The number of nitrogens with one attached hydrogen (secondary N) is 1. The molecule has 0 spiro atoms. The van der Waals surface area contributed by atoms with Crippen molar-refractivity contribution < 1.29 is 0 Å². The van der Waals surface area contributed by atoms with Gasteiger partial charge in [0.05, 0.1) is 11.9 Å². The van der Waals surface area contributed by atoms with Gasteiger partial charge >= 0.3 is 0 Å². The monoisotopic (exact) mass is 201 g/mol. The number of rotatable bonds is 3. The van der Waals surface area contributed by atoms with Crippen LogP contribution in [0.4, 0.5) is 0 Å². The lowest BCUT2D eigenvalue weighted by molar-refractivity contribution is 0.670. The fraction of sp³-hybridized carbons (Fsp3) is 0.417. The molecular weight excluding hydrogens is 186 g/mol. The Bertz CT molecular complexity index is 483. The standard InChI is InChI=1S/C12H15N3/c1-9-2-5-12-14-7-11(15(12)8-9)6-13-10-3-4-10/h2,5,7-8,10,13H,3-4,6H2,1H3. The first-order valence-corrected chi connectivity index (χ1v) is 5.49. The highest BCUT2D eigenvalue weighted by atomic mass is 15.0. The number of hydrogen-bond acceptors (Lipinski definition) is 2. The Morgan fingerprint density at radius 3 is 3.13 bits per heavy atom. The van der Waals surface area contributed by atoms with Gasteiger partial charge in [0.2, 0.25) is 0 Å². The van der Waals surface area contributed by atoms with Gasteiger partial charge in [0.1, 0.15) is 5.65 Å².